The van der Waals surface area contributed by atoms with Crippen LogP contribution in [0.3, 0.4) is 0 Å². The molecule has 0 spiro atoms. The van der Waals surface area contributed by atoms with Crippen molar-refractivity contribution in [2.24, 2.45) is 4.40 Å². The average Bonchev–Trinajstić information content (AvgIpc) is 2.16. The summed E-state index contributed by atoms with van der Waals surface area (Å²) in [7, 11) is -4.13. The highest BCUT2D eigenvalue weighted by atomic mass is 32.2. The van der Waals surface area contributed by atoms with E-state index in [9.17, 15) is 26.0 Å². The van der Waals surface area contributed by atoms with E-state index in [1.54, 1.807) is 0 Å². The number of hydrogen-bond donors (Lipinski definition) is 1. The molecular weight excluding hydrogens is 264 g/mol. The number of rotatable bonds is 0. The van der Waals surface area contributed by atoms with Gasteiger partial charge >= 0.3 is 6.18 Å². The molecule has 0 atom stereocenters. The molecule has 0 unspecified atom stereocenters. The fourth-order valence-electron chi connectivity index (χ4n) is 1.32. The van der Waals surface area contributed by atoms with Crippen LogP contribution in [0.5, 0.6) is 0 Å². The molecule has 0 saturated heterocycles. The second-order valence-corrected chi connectivity index (χ2v) is 4.78. The summed E-state index contributed by atoms with van der Waals surface area (Å²) in [6, 6.07) is 0.699. The molecule has 0 radical (unpaired) electrons. The molecule has 0 aromatic heterocycles. The number of halogens is 4. The Labute approximate surface area is 93.0 Å². The number of anilines is 1. The molecule has 2 rings (SSSR count). The van der Waals surface area contributed by atoms with Gasteiger partial charge in [0.25, 0.3) is 10.0 Å². The number of hydrogen-bond acceptors (Lipinski definition) is 3. The Morgan fingerprint density at radius 1 is 1.24 bits per heavy atom. The lowest BCUT2D eigenvalue weighted by Crippen LogP contribution is -2.15. The van der Waals surface area contributed by atoms with E-state index in [-0.39, 0.29) is 5.69 Å². The molecule has 0 amide bonds. The van der Waals surface area contributed by atoms with Crippen LogP contribution in [0.25, 0.3) is 0 Å². The van der Waals surface area contributed by atoms with Crippen LogP contribution in [0.1, 0.15) is 5.56 Å². The number of benzene rings is 1. The van der Waals surface area contributed by atoms with E-state index in [0.717, 1.165) is 6.34 Å². The van der Waals surface area contributed by atoms with E-state index < -0.39 is 32.5 Å². The summed E-state index contributed by atoms with van der Waals surface area (Å²) < 4.78 is 75.9. The van der Waals surface area contributed by atoms with Gasteiger partial charge in [0, 0.05) is 0 Å². The topological polar surface area (TPSA) is 58.5 Å². The minimum atomic E-state index is -4.89. The lowest BCUT2D eigenvalue weighted by Gasteiger charge is -2.15. The lowest BCUT2D eigenvalue weighted by molar-refractivity contribution is -0.140. The van der Waals surface area contributed by atoms with Crippen LogP contribution in [-0.2, 0) is 16.2 Å². The van der Waals surface area contributed by atoms with Crippen molar-refractivity contribution in [2.45, 2.75) is 11.1 Å². The van der Waals surface area contributed by atoms with Gasteiger partial charge in [0.15, 0.2) is 0 Å². The normalized spacial score (nSPS) is 17.4. The summed E-state index contributed by atoms with van der Waals surface area (Å²) in [5.41, 5.74) is -1.89. The molecule has 1 heterocycles. The second kappa shape index (κ2) is 3.42. The van der Waals surface area contributed by atoms with E-state index >= 15 is 0 Å². The zero-order chi connectivity index (χ0) is 12.8. The predicted molar refractivity (Wildman–Crippen MR) is 50.7 cm³/mol. The Bertz CT molecular complexity index is 607. The largest absolute Gasteiger partial charge is 0.419 e. The van der Waals surface area contributed by atoms with E-state index in [4.69, 9.17) is 0 Å². The molecule has 0 saturated carbocycles. The molecule has 1 aromatic carbocycles. The summed E-state index contributed by atoms with van der Waals surface area (Å²) >= 11 is 0. The van der Waals surface area contributed by atoms with Crippen LogP contribution in [0.2, 0.25) is 0 Å². The van der Waals surface area contributed by atoms with Crippen LogP contribution in [-0.4, -0.2) is 14.8 Å². The van der Waals surface area contributed by atoms with Gasteiger partial charge in [0.2, 0.25) is 0 Å². The third-order valence-electron chi connectivity index (χ3n) is 2.06. The van der Waals surface area contributed by atoms with Crippen molar-refractivity contribution >= 4 is 22.0 Å². The smallest absolute Gasteiger partial charge is 0.345 e. The third-order valence-corrected chi connectivity index (χ3v) is 3.34. The van der Waals surface area contributed by atoms with E-state index in [1.807, 2.05) is 0 Å². The highest BCUT2D eigenvalue weighted by Crippen LogP contribution is 2.36. The van der Waals surface area contributed by atoms with Gasteiger partial charge in [-0.1, -0.05) is 0 Å². The highest BCUT2D eigenvalue weighted by Gasteiger charge is 2.36. The van der Waals surface area contributed by atoms with Crippen molar-refractivity contribution < 1.29 is 26.0 Å². The maximum Gasteiger partial charge on any atom is 0.419 e. The number of alkyl halides is 3. The van der Waals surface area contributed by atoms with Crippen molar-refractivity contribution in [3.8, 4) is 0 Å². The summed E-state index contributed by atoms with van der Waals surface area (Å²) in [5, 5.41) is 2.22. The van der Waals surface area contributed by atoms with Crippen molar-refractivity contribution in [2.75, 3.05) is 5.32 Å². The molecule has 1 aliphatic rings. The molecule has 0 aliphatic carbocycles. The molecule has 0 bridgehead atoms. The van der Waals surface area contributed by atoms with Crippen molar-refractivity contribution in [1.29, 1.82) is 0 Å². The first-order valence-electron chi connectivity index (χ1n) is 4.18. The van der Waals surface area contributed by atoms with Crippen LogP contribution in [0, 0.1) is 5.82 Å². The Hall–Kier alpha value is -1.64. The molecule has 0 fully saturated rings. The van der Waals surface area contributed by atoms with Gasteiger partial charge in [-0.05, 0) is 12.1 Å². The maximum atomic E-state index is 13.2. The minimum Gasteiger partial charge on any atom is -0.345 e. The summed E-state index contributed by atoms with van der Waals surface area (Å²) in [6.45, 7) is 0. The van der Waals surface area contributed by atoms with Crippen molar-refractivity contribution in [3.63, 3.8) is 0 Å². The van der Waals surface area contributed by atoms with Crippen LogP contribution in [0.4, 0.5) is 23.2 Å². The summed E-state index contributed by atoms with van der Waals surface area (Å²) in [6.07, 6.45) is -4.16. The van der Waals surface area contributed by atoms with Crippen molar-refractivity contribution in [3.05, 3.63) is 23.5 Å². The van der Waals surface area contributed by atoms with Crippen LogP contribution >= 0.6 is 0 Å². The Morgan fingerprint density at radius 2 is 1.88 bits per heavy atom. The van der Waals surface area contributed by atoms with Crippen molar-refractivity contribution in [1.82, 2.24) is 0 Å². The van der Waals surface area contributed by atoms with E-state index in [2.05, 4.69) is 9.71 Å². The zero-order valence-electron chi connectivity index (χ0n) is 7.92. The highest BCUT2D eigenvalue weighted by molar-refractivity contribution is 7.90. The van der Waals surface area contributed by atoms with Gasteiger partial charge in [-0.15, -0.1) is 4.40 Å². The number of fused-ring (bicyclic) bond motifs is 1. The van der Waals surface area contributed by atoms with Crippen LogP contribution in [0.15, 0.2) is 21.4 Å². The molecule has 1 aromatic rings. The monoisotopic (exact) mass is 268 g/mol. The van der Waals surface area contributed by atoms with Gasteiger partial charge in [0.1, 0.15) is 17.1 Å². The van der Waals surface area contributed by atoms with Gasteiger partial charge in [-0.3, -0.25) is 0 Å². The Kier molecular flexibility index (Phi) is 2.38. The molecule has 92 valence electrons. The molecule has 1 N–H and O–H groups in total. The summed E-state index contributed by atoms with van der Waals surface area (Å²) in [5.74, 6) is -1.65. The Balaban J connectivity index is 2.70. The third kappa shape index (κ3) is 1.97. The number of nitrogens with zero attached hydrogens (tertiary/aromatic N) is 1. The molecule has 1 aliphatic heterocycles. The van der Waals surface area contributed by atoms with Crippen LogP contribution < -0.4 is 5.32 Å². The predicted octanol–water partition coefficient (Wildman–Crippen LogP) is 1.99. The molecule has 17 heavy (non-hydrogen) atoms. The molecular formula is C8H4F4N2O2S. The van der Waals surface area contributed by atoms with Gasteiger partial charge in [-0.2, -0.15) is 21.6 Å². The maximum absolute atomic E-state index is 13.2. The lowest BCUT2D eigenvalue weighted by atomic mass is 10.2. The fraction of sp³-hybridized carbons (Fsp3) is 0.125. The van der Waals surface area contributed by atoms with Gasteiger partial charge < -0.3 is 5.32 Å². The SMILES string of the molecule is O=S1(=O)N=CNc2cc(C(F)(F)F)c(F)cc21. The summed E-state index contributed by atoms with van der Waals surface area (Å²) in [4.78, 5) is -0.620. The number of nitrogens with one attached hydrogen (secondary N) is 1. The number of sulfonamides is 1. The first-order chi connectivity index (χ1) is 7.72. The van der Waals surface area contributed by atoms with E-state index in [0.29, 0.717) is 12.1 Å². The van der Waals surface area contributed by atoms with Gasteiger partial charge in [0.05, 0.1) is 11.3 Å². The first-order valence-corrected chi connectivity index (χ1v) is 5.62. The van der Waals surface area contributed by atoms with E-state index in [1.165, 1.54) is 0 Å². The molecule has 4 nitrogen and oxygen atoms in total. The average molecular weight is 268 g/mol. The quantitative estimate of drug-likeness (QED) is 0.732. The molecule has 9 heteroatoms. The fourth-order valence-corrected chi connectivity index (χ4v) is 2.27. The first kappa shape index (κ1) is 11.8. The minimum absolute atomic E-state index is 0.303. The zero-order valence-corrected chi connectivity index (χ0v) is 8.73. The van der Waals surface area contributed by atoms with Gasteiger partial charge in [-0.25, -0.2) is 4.39 Å². The Morgan fingerprint density at radius 3 is 2.47 bits per heavy atom. The second-order valence-electron chi connectivity index (χ2n) is 3.18. The standard InChI is InChI=1S/C8H4F4N2O2S/c9-5-2-7-6(1-4(5)8(10,11)12)13-3-14-17(7,15)16/h1-3H,(H,13,14).